The number of aliphatic hydroxyl groups is 3. The fraction of sp³-hybridized carbons (Fsp3) is 0.812. The van der Waals surface area contributed by atoms with Crippen LogP contribution in [0, 0.1) is 5.41 Å². The van der Waals surface area contributed by atoms with Crippen molar-refractivity contribution in [2.75, 3.05) is 26.4 Å². The van der Waals surface area contributed by atoms with Gasteiger partial charge in [-0.05, 0) is 19.3 Å². The monoisotopic (exact) mass is 302 g/mol. The van der Waals surface area contributed by atoms with Crippen LogP contribution in [0.3, 0.4) is 0 Å². The number of unbranched alkanes of at least 4 members (excludes halogenated alkanes) is 6. The summed E-state index contributed by atoms with van der Waals surface area (Å²) in [7, 11) is 0. The summed E-state index contributed by atoms with van der Waals surface area (Å²) in [6.07, 6.45) is 9.77. The molecular formula is C16H30O5. The molecule has 5 nitrogen and oxygen atoms in total. The molecule has 124 valence electrons. The average Bonchev–Trinajstić information content (AvgIpc) is 2.52. The van der Waals surface area contributed by atoms with Crippen molar-refractivity contribution in [3.63, 3.8) is 0 Å². The van der Waals surface area contributed by atoms with Crippen molar-refractivity contribution >= 4 is 5.97 Å². The van der Waals surface area contributed by atoms with Crippen LogP contribution in [0.2, 0.25) is 0 Å². The van der Waals surface area contributed by atoms with E-state index < -0.39 is 25.2 Å². The topological polar surface area (TPSA) is 87.0 Å². The van der Waals surface area contributed by atoms with Crippen molar-refractivity contribution in [2.24, 2.45) is 5.41 Å². The maximum atomic E-state index is 11.5. The minimum absolute atomic E-state index is 0.156. The number of carbonyl (C=O) groups is 1. The molecule has 0 aliphatic rings. The van der Waals surface area contributed by atoms with Gasteiger partial charge in [0.2, 0.25) is 0 Å². The lowest BCUT2D eigenvalue weighted by Crippen LogP contribution is -2.39. The Labute approximate surface area is 127 Å². The smallest absolute Gasteiger partial charge is 0.305 e. The average molecular weight is 302 g/mol. The van der Waals surface area contributed by atoms with E-state index in [0.717, 1.165) is 25.7 Å². The molecule has 0 saturated carbocycles. The fourth-order valence-corrected chi connectivity index (χ4v) is 1.86. The van der Waals surface area contributed by atoms with Gasteiger partial charge in [-0.1, -0.05) is 31.8 Å². The van der Waals surface area contributed by atoms with E-state index in [2.05, 4.69) is 6.58 Å². The van der Waals surface area contributed by atoms with Crippen LogP contribution >= 0.6 is 0 Å². The largest absolute Gasteiger partial charge is 0.465 e. The lowest BCUT2D eigenvalue weighted by atomic mass is 9.93. The van der Waals surface area contributed by atoms with Gasteiger partial charge in [0, 0.05) is 6.42 Å². The quantitative estimate of drug-likeness (QED) is 0.259. The second-order valence-electron chi connectivity index (χ2n) is 5.58. The van der Waals surface area contributed by atoms with Gasteiger partial charge in [-0.3, -0.25) is 4.79 Å². The second kappa shape index (κ2) is 12.8. The highest BCUT2D eigenvalue weighted by atomic mass is 16.5. The predicted octanol–water partition coefficient (Wildman–Crippen LogP) is 1.80. The van der Waals surface area contributed by atoms with Crippen molar-refractivity contribution in [3.05, 3.63) is 12.7 Å². The number of hydrogen-bond donors (Lipinski definition) is 3. The van der Waals surface area contributed by atoms with Crippen molar-refractivity contribution in [1.29, 1.82) is 0 Å². The standard InChI is InChI=1S/C16H30O5/c1-2-3-4-5-6-7-8-9-10-15(20)21-14-16(11-17,12-18)13-19/h2,17-19H,1,3-14H2. The zero-order valence-electron chi connectivity index (χ0n) is 12.9. The molecule has 0 bridgehead atoms. The highest BCUT2D eigenvalue weighted by Crippen LogP contribution is 2.16. The second-order valence-corrected chi connectivity index (χ2v) is 5.58. The van der Waals surface area contributed by atoms with E-state index >= 15 is 0 Å². The number of esters is 1. The van der Waals surface area contributed by atoms with Crippen molar-refractivity contribution < 1.29 is 24.9 Å². The van der Waals surface area contributed by atoms with Crippen molar-refractivity contribution in [1.82, 2.24) is 0 Å². The Morgan fingerprint density at radius 1 is 0.952 bits per heavy atom. The first-order valence-electron chi connectivity index (χ1n) is 7.73. The molecule has 0 unspecified atom stereocenters. The maximum Gasteiger partial charge on any atom is 0.305 e. The molecule has 0 aromatic rings. The van der Waals surface area contributed by atoms with E-state index in [1.54, 1.807) is 0 Å². The molecule has 0 fully saturated rings. The first-order valence-corrected chi connectivity index (χ1v) is 7.73. The Bertz CT molecular complexity index is 266. The Balaban J connectivity index is 3.60. The Morgan fingerprint density at radius 3 is 2.00 bits per heavy atom. The van der Waals surface area contributed by atoms with Crippen LogP contribution in [0.15, 0.2) is 12.7 Å². The van der Waals surface area contributed by atoms with E-state index in [0.29, 0.717) is 6.42 Å². The molecule has 0 heterocycles. The van der Waals surface area contributed by atoms with Gasteiger partial charge in [-0.2, -0.15) is 0 Å². The van der Waals surface area contributed by atoms with Crippen molar-refractivity contribution in [3.8, 4) is 0 Å². The van der Waals surface area contributed by atoms with E-state index in [-0.39, 0.29) is 12.6 Å². The van der Waals surface area contributed by atoms with Crippen LogP contribution in [0.1, 0.15) is 51.4 Å². The molecule has 0 aromatic heterocycles. The molecule has 5 heteroatoms. The molecule has 0 aliphatic heterocycles. The van der Waals surface area contributed by atoms with Crippen LogP contribution in [0.4, 0.5) is 0 Å². The molecule has 0 radical (unpaired) electrons. The summed E-state index contributed by atoms with van der Waals surface area (Å²) in [5.74, 6) is -0.346. The first kappa shape index (κ1) is 20.1. The molecule has 0 amide bonds. The van der Waals surface area contributed by atoms with Gasteiger partial charge in [-0.25, -0.2) is 0 Å². The molecule has 0 spiro atoms. The SMILES string of the molecule is C=CCCCCCCCCC(=O)OCC(CO)(CO)CO. The fourth-order valence-electron chi connectivity index (χ4n) is 1.86. The lowest BCUT2D eigenvalue weighted by molar-refractivity contribution is -0.151. The lowest BCUT2D eigenvalue weighted by Gasteiger charge is -2.26. The van der Waals surface area contributed by atoms with Crippen molar-refractivity contribution in [2.45, 2.75) is 51.4 Å². The third kappa shape index (κ3) is 9.61. The Kier molecular flexibility index (Phi) is 12.2. The van der Waals surface area contributed by atoms with Crippen LogP contribution in [0.5, 0.6) is 0 Å². The zero-order valence-corrected chi connectivity index (χ0v) is 12.9. The summed E-state index contributed by atoms with van der Waals surface area (Å²) in [5, 5.41) is 27.3. The minimum atomic E-state index is -1.14. The summed E-state index contributed by atoms with van der Waals surface area (Å²) < 4.78 is 5.01. The van der Waals surface area contributed by atoms with Gasteiger partial charge in [-0.15, -0.1) is 6.58 Å². The third-order valence-corrected chi connectivity index (χ3v) is 3.58. The van der Waals surface area contributed by atoms with Gasteiger partial charge in [0.1, 0.15) is 6.61 Å². The number of rotatable bonds is 14. The molecule has 0 saturated heterocycles. The highest BCUT2D eigenvalue weighted by Gasteiger charge is 2.29. The summed E-state index contributed by atoms with van der Waals surface area (Å²) >= 11 is 0. The Hall–Kier alpha value is -0.910. The van der Waals surface area contributed by atoms with Crippen LogP contribution in [-0.4, -0.2) is 47.7 Å². The van der Waals surface area contributed by atoms with E-state index in [1.165, 1.54) is 19.3 Å². The molecule has 0 aliphatic carbocycles. The number of aliphatic hydroxyl groups excluding tert-OH is 3. The van der Waals surface area contributed by atoms with E-state index in [1.807, 2.05) is 6.08 Å². The van der Waals surface area contributed by atoms with E-state index in [9.17, 15) is 4.79 Å². The van der Waals surface area contributed by atoms with Gasteiger partial charge in [0.15, 0.2) is 0 Å². The first-order chi connectivity index (χ1) is 10.1. The number of carbonyl (C=O) groups excluding carboxylic acids is 1. The normalized spacial score (nSPS) is 11.4. The summed E-state index contributed by atoms with van der Waals surface area (Å²) in [6, 6.07) is 0. The number of hydrogen-bond acceptors (Lipinski definition) is 5. The summed E-state index contributed by atoms with van der Waals surface area (Å²) in [6.45, 7) is 2.27. The third-order valence-electron chi connectivity index (χ3n) is 3.58. The summed E-state index contributed by atoms with van der Waals surface area (Å²) in [4.78, 5) is 11.5. The number of allylic oxidation sites excluding steroid dienone is 1. The minimum Gasteiger partial charge on any atom is -0.465 e. The molecule has 21 heavy (non-hydrogen) atoms. The molecule has 0 rings (SSSR count). The molecule has 0 aromatic carbocycles. The Morgan fingerprint density at radius 2 is 1.48 bits per heavy atom. The van der Waals surface area contributed by atoms with Crippen LogP contribution in [0.25, 0.3) is 0 Å². The molecule has 0 atom stereocenters. The molecule has 3 N–H and O–H groups in total. The predicted molar refractivity (Wildman–Crippen MR) is 81.8 cm³/mol. The van der Waals surface area contributed by atoms with Crippen LogP contribution < -0.4 is 0 Å². The van der Waals surface area contributed by atoms with Gasteiger partial charge >= 0.3 is 5.97 Å². The van der Waals surface area contributed by atoms with Gasteiger partial charge in [0.05, 0.1) is 25.2 Å². The summed E-state index contributed by atoms with van der Waals surface area (Å²) in [5.41, 5.74) is -1.14. The molecular weight excluding hydrogens is 272 g/mol. The zero-order chi connectivity index (χ0) is 16.0. The highest BCUT2D eigenvalue weighted by molar-refractivity contribution is 5.69. The maximum absolute atomic E-state index is 11.5. The van der Waals surface area contributed by atoms with Crippen LogP contribution in [-0.2, 0) is 9.53 Å². The van der Waals surface area contributed by atoms with E-state index in [4.69, 9.17) is 20.1 Å². The van der Waals surface area contributed by atoms with Gasteiger partial charge < -0.3 is 20.1 Å². The number of ether oxygens (including phenoxy) is 1. The van der Waals surface area contributed by atoms with Gasteiger partial charge in [0.25, 0.3) is 0 Å².